The maximum Gasteiger partial charge on any atom is 0.272 e. The zero-order valence-corrected chi connectivity index (χ0v) is 16.2. The Balaban J connectivity index is 2.11. The molecule has 0 aliphatic carbocycles. The van der Waals surface area contributed by atoms with Gasteiger partial charge in [-0.25, -0.2) is 13.1 Å². The van der Waals surface area contributed by atoms with Crippen molar-refractivity contribution >= 4 is 15.9 Å². The predicted molar refractivity (Wildman–Crippen MR) is 94.9 cm³/mol. The van der Waals surface area contributed by atoms with Crippen molar-refractivity contribution in [2.75, 3.05) is 32.6 Å². The third-order valence-corrected chi connectivity index (χ3v) is 5.27. The number of aryl methyl sites for hydroxylation is 2. The van der Waals surface area contributed by atoms with Crippen molar-refractivity contribution in [2.24, 2.45) is 5.92 Å². The van der Waals surface area contributed by atoms with Crippen molar-refractivity contribution in [2.45, 2.75) is 39.8 Å². The third kappa shape index (κ3) is 5.26. The second-order valence-corrected chi connectivity index (χ2v) is 8.35. The van der Waals surface area contributed by atoms with Crippen LogP contribution in [0.4, 0.5) is 0 Å². The second kappa shape index (κ2) is 8.29. The fraction of sp³-hybridized carbons (Fsp3) is 0.750. The van der Waals surface area contributed by atoms with E-state index in [4.69, 9.17) is 4.74 Å². The Kier molecular flexibility index (Phi) is 6.59. The van der Waals surface area contributed by atoms with Gasteiger partial charge in [-0.05, 0) is 33.3 Å². The maximum absolute atomic E-state index is 13.0. The Morgan fingerprint density at radius 1 is 1.48 bits per heavy atom. The van der Waals surface area contributed by atoms with Gasteiger partial charge in [-0.2, -0.15) is 5.10 Å². The number of carbonyl (C=O) groups excluding carboxylic acids is 1. The van der Waals surface area contributed by atoms with Crippen molar-refractivity contribution in [1.29, 1.82) is 0 Å². The summed E-state index contributed by atoms with van der Waals surface area (Å²) in [6.07, 6.45) is 1.76. The highest BCUT2D eigenvalue weighted by molar-refractivity contribution is 7.88. The number of ether oxygens (including phenoxy) is 1. The van der Waals surface area contributed by atoms with Crippen molar-refractivity contribution in [3.05, 3.63) is 17.5 Å². The van der Waals surface area contributed by atoms with Crippen molar-refractivity contribution < 1.29 is 17.9 Å². The molecule has 0 radical (unpaired) electrons. The monoisotopic (exact) mass is 372 g/mol. The topological polar surface area (TPSA) is 93.5 Å². The number of nitrogens with one attached hydrogen (secondary N) is 1. The summed E-state index contributed by atoms with van der Waals surface area (Å²) in [7, 11) is -3.21. The fourth-order valence-electron chi connectivity index (χ4n) is 3.14. The van der Waals surface area contributed by atoms with Gasteiger partial charge in [0, 0.05) is 31.6 Å². The van der Waals surface area contributed by atoms with Gasteiger partial charge in [0.15, 0.2) is 0 Å². The Labute approximate surface area is 149 Å². The van der Waals surface area contributed by atoms with Gasteiger partial charge in [0.25, 0.3) is 5.91 Å². The van der Waals surface area contributed by atoms with Gasteiger partial charge in [-0.3, -0.25) is 9.48 Å². The molecule has 2 atom stereocenters. The van der Waals surface area contributed by atoms with Gasteiger partial charge in [0.2, 0.25) is 10.0 Å². The third-order valence-electron chi connectivity index (χ3n) is 4.54. The molecule has 2 rings (SSSR count). The van der Waals surface area contributed by atoms with Gasteiger partial charge >= 0.3 is 0 Å². The smallest absolute Gasteiger partial charge is 0.272 e. The summed E-state index contributed by atoms with van der Waals surface area (Å²) in [4.78, 5) is 14.9. The number of hydrogen-bond donors (Lipinski definition) is 1. The van der Waals surface area contributed by atoms with E-state index in [-0.39, 0.29) is 17.9 Å². The molecular formula is C16H28N4O4S. The van der Waals surface area contributed by atoms with Crippen LogP contribution in [0.25, 0.3) is 0 Å². The minimum Gasteiger partial charge on any atom is -0.379 e. The lowest BCUT2D eigenvalue weighted by atomic mass is 9.97. The number of nitrogens with zero attached hydrogens (tertiary/aromatic N) is 3. The van der Waals surface area contributed by atoms with E-state index in [1.807, 2.05) is 31.7 Å². The average molecular weight is 372 g/mol. The number of rotatable bonds is 6. The predicted octanol–water partition coefficient (Wildman–Crippen LogP) is 0.628. The van der Waals surface area contributed by atoms with E-state index in [0.717, 1.165) is 11.9 Å². The average Bonchev–Trinajstić information content (AvgIpc) is 2.82. The molecule has 1 aromatic rings. The molecule has 1 fully saturated rings. The Morgan fingerprint density at radius 2 is 2.20 bits per heavy atom. The SMILES string of the molecule is CCn1nc(C)cc1C(=O)N1CCOC[C@@H](CCNS(C)(=O)=O)[C@@H]1C. The number of amides is 1. The lowest BCUT2D eigenvalue weighted by Gasteiger charge is -2.31. The minimum absolute atomic E-state index is 0.0446. The molecule has 0 saturated carbocycles. The highest BCUT2D eigenvalue weighted by Gasteiger charge is 2.31. The van der Waals surface area contributed by atoms with Gasteiger partial charge in [-0.15, -0.1) is 0 Å². The van der Waals surface area contributed by atoms with Crippen LogP contribution in [0.2, 0.25) is 0 Å². The first-order chi connectivity index (χ1) is 11.7. The lowest BCUT2D eigenvalue weighted by Crippen LogP contribution is -2.44. The van der Waals surface area contributed by atoms with Crippen LogP contribution in [0, 0.1) is 12.8 Å². The van der Waals surface area contributed by atoms with Gasteiger partial charge in [0.1, 0.15) is 5.69 Å². The molecule has 1 saturated heterocycles. The van der Waals surface area contributed by atoms with Gasteiger partial charge in [-0.1, -0.05) is 0 Å². The van der Waals surface area contributed by atoms with E-state index in [2.05, 4.69) is 9.82 Å². The van der Waals surface area contributed by atoms with Crippen molar-refractivity contribution in [1.82, 2.24) is 19.4 Å². The van der Waals surface area contributed by atoms with E-state index in [0.29, 0.717) is 45.0 Å². The molecular weight excluding hydrogens is 344 g/mol. The Bertz CT molecular complexity index is 701. The van der Waals surface area contributed by atoms with E-state index in [1.165, 1.54) is 0 Å². The van der Waals surface area contributed by atoms with Crippen LogP contribution in [-0.4, -0.2) is 67.6 Å². The van der Waals surface area contributed by atoms with Crippen LogP contribution >= 0.6 is 0 Å². The Hall–Kier alpha value is -1.45. The molecule has 0 unspecified atom stereocenters. The molecule has 1 aliphatic rings. The van der Waals surface area contributed by atoms with Gasteiger partial charge < -0.3 is 9.64 Å². The quantitative estimate of drug-likeness (QED) is 0.790. The first-order valence-electron chi connectivity index (χ1n) is 8.60. The summed E-state index contributed by atoms with van der Waals surface area (Å²) in [5, 5.41) is 4.35. The van der Waals surface area contributed by atoms with Crippen LogP contribution in [0.15, 0.2) is 6.07 Å². The van der Waals surface area contributed by atoms with E-state index in [1.54, 1.807) is 4.68 Å². The molecule has 25 heavy (non-hydrogen) atoms. The van der Waals surface area contributed by atoms with Crippen LogP contribution in [0.5, 0.6) is 0 Å². The van der Waals surface area contributed by atoms with Crippen LogP contribution in [0.1, 0.15) is 36.5 Å². The largest absolute Gasteiger partial charge is 0.379 e. The molecule has 9 heteroatoms. The number of aromatic nitrogens is 2. The van der Waals surface area contributed by atoms with Crippen LogP contribution < -0.4 is 4.72 Å². The highest BCUT2D eigenvalue weighted by Crippen LogP contribution is 2.21. The van der Waals surface area contributed by atoms with Crippen LogP contribution in [0.3, 0.4) is 0 Å². The summed E-state index contributed by atoms with van der Waals surface area (Å²) < 4.78 is 32.3. The van der Waals surface area contributed by atoms with Gasteiger partial charge in [0.05, 0.1) is 25.2 Å². The molecule has 1 aromatic heterocycles. The van der Waals surface area contributed by atoms with E-state index in [9.17, 15) is 13.2 Å². The standard InChI is InChI=1S/C16H28N4O4S/c1-5-20-15(10-12(2)18-20)16(21)19-8-9-24-11-14(13(19)3)6-7-17-25(4,22)23/h10,13-14,17H,5-9,11H2,1-4H3/t13-,14+/m0/s1. The highest BCUT2D eigenvalue weighted by atomic mass is 32.2. The molecule has 1 N–H and O–H groups in total. The summed E-state index contributed by atoms with van der Waals surface area (Å²) in [6, 6.07) is 1.77. The molecule has 8 nitrogen and oxygen atoms in total. The summed E-state index contributed by atoms with van der Waals surface area (Å²) in [6.45, 7) is 8.31. The van der Waals surface area contributed by atoms with E-state index >= 15 is 0 Å². The Morgan fingerprint density at radius 3 is 2.84 bits per heavy atom. The zero-order valence-electron chi connectivity index (χ0n) is 15.4. The first kappa shape index (κ1) is 19.9. The number of sulfonamides is 1. The molecule has 1 amide bonds. The van der Waals surface area contributed by atoms with Crippen molar-refractivity contribution in [3.63, 3.8) is 0 Å². The molecule has 1 aliphatic heterocycles. The second-order valence-electron chi connectivity index (χ2n) is 6.52. The summed E-state index contributed by atoms with van der Waals surface area (Å²) in [5.41, 5.74) is 1.40. The normalized spacial score (nSPS) is 22.0. The lowest BCUT2D eigenvalue weighted by molar-refractivity contribution is 0.0645. The maximum atomic E-state index is 13.0. The molecule has 0 bridgehead atoms. The summed E-state index contributed by atoms with van der Waals surface area (Å²) >= 11 is 0. The number of carbonyl (C=O) groups is 1. The molecule has 142 valence electrons. The van der Waals surface area contributed by atoms with Crippen LogP contribution in [-0.2, 0) is 21.3 Å². The first-order valence-corrected chi connectivity index (χ1v) is 10.5. The fourth-order valence-corrected chi connectivity index (χ4v) is 3.63. The zero-order chi connectivity index (χ0) is 18.6. The minimum atomic E-state index is -3.21. The number of hydrogen-bond acceptors (Lipinski definition) is 5. The molecule has 0 spiro atoms. The van der Waals surface area contributed by atoms with E-state index < -0.39 is 10.0 Å². The van der Waals surface area contributed by atoms with Crippen molar-refractivity contribution in [3.8, 4) is 0 Å². The molecule has 2 heterocycles. The summed E-state index contributed by atoms with van der Waals surface area (Å²) in [5.74, 6) is 0.0151. The molecule has 0 aromatic carbocycles.